The molecule has 0 N–H and O–H groups in total. The van der Waals surface area contributed by atoms with Crippen molar-refractivity contribution in [3.8, 4) is 0 Å². The van der Waals surface area contributed by atoms with Crippen molar-refractivity contribution in [2.24, 2.45) is 0 Å². The van der Waals surface area contributed by atoms with Crippen LogP contribution < -0.4 is 0 Å². The number of nitrogens with zero attached hydrogens (tertiary/aromatic N) is 1. The van der Waals surface area contributed by atoms with Crippen LogP contribution in [0.3, 0.4) is 0 Å². The summed E-state index contributed by atoms with van der Waals surface area (Å²) in [6.07, 6.45) is -1.78. The molecule has 0 atom stereocenters. The van der Waals surface area contributed by atoms with E-state index in [9.17, 15) is 13.6 Å². The van der Waals surface area contributed by atoms with Crippen molar-refractivity contribution < 1.29 is 13.6 Å². The van der Waals surface area contributed by atoms with Gasteiger partial charge in [0, 0.05) is 10.7 Å². The summed E-state index contributed by atoms with van der Waals surface area (Å²) in [6, 6.07) is 0. The maximum Gasteiger partial charge on any atom is 0.281 e. The number of hydrogen-bond donors (Lipinski definition) is 0. The third kappa shape index (κ3) is 2.21. The van der Waals surface area contributed by atoms with Crippen molar-refractivity contribution in [2.75, 3.05) is 0 Å². The minimum atomic E-state index is -2.84. The molecular weight excluding hydrogens is 303 g/mol. The van der Waals surface area contributed by atoms with Crippen LogP contribution in [0.2, 0.25) is 5.02 Å². The highest BCUT2D eigenvalue weighted by molar-refractivity contribution is 9.10. The lowest BCUT2D eigenvalue weighted by molar-refractivity contribution is 0.108. The van der Waals surface area contributed by atoms with Gasteiger partial charge in [-0.15, -0.1) is 0 Å². The summed E-state index contributed by atoms with van der Waals surface area (Å²) < 4.78 is 24.8. The molecule has 0 fully saturated rings. The van der Waals surface area contributed by atoms with Gasteiger partial charge in [-0.2, -0.15) is 0 Å². The molecule has 0 unspecified atom stereocenters. The standard InChI is InChI=1S/C7H2BrCl2F2NO/c8-2-1-13-5(7(11)12)4(9)3(2)6(10)14/h1,7H. The van der Waals surface area contributed by atoms with Crippen LogP contribution in [0.15, 0.2) is 10.7 Å². The molecule has 0 spiro atoms. The van der Waals surface area contributed by atoms with Gasteiger partial charge in [-0.25, -0.2) is 8.78 Å². The Hall–Kier alpha value is -0.260. The van der Waals surface area contributed by atoms with Gasteiger partial charge in [0.15, 0.2) is 0 Å². The molecular formula is C7H2BrCl2F2NO. The van der Waals surface area contributed by atoms with Gasteiger partial charge in [-0.05, 0) is 27.5 Å². The van der Waals surface area contributed by atoms with Crippen molar-refractivity contribution >= 4 is 44.4 Å². The van der Waals surface area contributed by atoms with Crippen LogP contribution in [0, 0.1) is 0 Å². The minimum Gasteiger partial charge on any atom is -0.276 e. The lowest BCUT2D eigenvalue weighted by Crippen LogP contribution is -2.00. The maximum atomic E-state index is 12.3. The first-order valence-electron chi connectivity index (χ1n) is 3.27. The predicted molar refractivity (Wildman–Crippen MR) is 52.1 cm³/mol. The zero-order chi connectivity index (χ0) is 10.9. The Balaban J connectivity index is 3.41. The van der Waals surface area contributed by atoms with Crippen LogP contribution in [-0.4, -0.2) is 10.2 Å². The molecule has 76 valence electrons. The molecule has 14 heavy (non-hydrogen) atoms. The molecule has 0 amide bonds. The predicted octanol–water partition coefficient (Wildman–Crippen LogP) is 3.81. The van der Waals surface area contributed by atoms with E-state index in [1.807, 2.05) is 0 Å². The first-order valence-corrected chi connectivity index (χ1v) is 4.82. The van der Waals surface area contributed by atoms with E-state index in [1.54, 1.807) is 0 Å². The molecule has 1 aromatic rings. The van der Waals surface area contributed by atoms with Gasteiger partial charge < -0.3 is 0 Å². The Bertz CT molecular complexity index is 386. The highest BCUT2D eigenvalue weighted by Gasteiger charge is 2.21. The van der Waals surface area contributed by atoms with Crippen molar-refractivity contribution in [2.45, 2.75) is 6.43 Å². The van der Waals surface area contributed by atoms with Gasteiger partial charge in [-0.1, -0.05) is 11.6 Å². The molecule has 1 rings (SSSR count). The topological polar surface area (TPSA) is 30.0 Å². The fourth-order valence-electron chi connectivity index (χ4n) is 0.813. The zero-order valence-corrected chi connectivity index (χ0v) is 9.50. The van der Waals surface area contributed by atoms with Gasteiger partial charge >= 0.3 is 0 Å². The Labute approximate surface area is 96.3 Å². The second-order valence-corrected chi connectivity index (χ2v) is 3.83. The molecule has 0 saturated heterocycles. The van der Waals surface area contributed by atoms with E-state index in [4.69, 9.17) is 23.2 Å². The first-order chi connectivity index (χ1) is 6.45. The van der Waals surface area contributed by atoms with E-state index >= 15 is 0 Å². The summed E-state index contributed by atoms with van der Waals surface area (Å²) in [5.41, 5.74) is -0.850. The van der Waals surface area contributed by atoms with Crippen molar-refractivity contribution in [1.82, 2.24) is 4.98 Å². The van der Waals surface area contributed by atoms with Gasteiger partial charge in [0.1, 0.15) is 5.69 Å². The number of pyridine rings is 1. The Morgan fingerprint density at radius 1 is 1.57 bits per heavy atom. The van der Waals surface area contributed by atoms with E-state index in [0.717, 1.165) is 6.20 Å². The van der Waals surface area contributed by atoms with E-state index in [1.165, 1.54) is 0 Å². The molecule has 0 aliphatic rings. The number of rotatable bonds is 2. The second kappa shape index (κ2) is 4.51. The Morgan fingerprint density at radius 2 is 2.14 bits per heavy atom. The second-order valence-electron chi connectivity index (χ2n) is 2.25. The van der Waals surface area contributed by atoms with Crippen LogP contribution in [-0.2, 0) is 0 Å². The third-order valence-corrected chi connectivity index (χ3v) is 2.58. The molecule has 0 aliphatic carbocycles. The Kier molecular flexibility index (Phi) is 3.80. The summed E-state index contributed by atoms with van der Waals surface area (Å²) in [5.74, 6) is 0. The largest absolute Gasteiger partial charge is 0.281 e. The van der Waals surface area contributed by atoms with Crippen LogP contribution in [0.1, 0.15) is 22.5 Å². The minimum absolute atomic E-state index is 0.187. The SMILES string of the molecule is O=C(Cl)c1c(Br)cnc(C(F)F)c1Cl. The number of carbonyl (C=O) groups is 1. The molecule has 1 aromatic heterocycles. The molecule has 0 aliphatic heterocycles. The molecule has 0 radical (unpaired) electrons. The van der Waals surface area contributed by atoms with Crippen molar-refractivity contribution in [3.05, 3.63) is 26.9 Å². The van der Waals surface area contributed by atoms with Gasteiger partial charge in [0.25, 0.3) is 11.7 Å². The number of halogens is 5. The summed E-state index contributed by atoms with van der Waals surface area (Å²) in [6.45, 7) is 0. The lowest BCUT2D eigenvalue weighted by Gasteiger charge is -2.06. The molecule has 0 bridgehead atoms. The lowest BCUT2D eigenvalue weighted by atomic mass is 10.2. The van der Waals surface area contributed by atoms with Crippen molar-refractivity contribution in [1.29, 1.82) is 0 Å². The van der Waals surface area contributed by atoms with Gasteiger partial charge in [0.2, 0.25) is 0 Å². The summed E-state index contributed by atoms with van der Waals surface area (Å²) in [4.78, 5) is 14.2. The number of alkyl halides is 2. The van der Waals surface area contributed by atoms with E-state index in [0.29, 0.717) is 0 Å². The Morgan fingerprint density at radius 3 is 2.57 bits per heavy atom. The highest BCUT2D eigenvalue weighted by Crippen LogP contribution is 2.32. The summed E-state index contributed by atoms with van der Waals surface area (Å²) >= 11 is 13.6. The third-order valence-electron chi connectivity index (χ3n) is 1.40. The fourth-order valence-corrected chi connectivity index (χ4v) is 2.09. The van der Waals surface area contributed by atoms with E-state index in [2.05, 4.69) is 20.9 Å². The average Bonchev–Trinajstić information content (AvgIpc) is 2.02. The molecule has 0 aromatic carbocycles. The number of hydrogen-bond acceptors (Lipinski definition) is 2. The van der Waals surface area contributed by atoms with Crippen LogP contribution >= 0.6 is 39.1 Å². The molecule has 2 nitrogen and oxygen atoms in total. The smallest absolute Gasteiger partial charge is 0.276 e. The van der Waals surface area contributed by atoms with E-state index < -0.39 is 22.4 Å². The number of carbonyl (C=O) groups excluding carboxylic acids is 1. The van der Waals surface area contributed by atoms with Crippen LogP contribution in [0.4, 0.5) is 8.78 Å². The quantitative estimate of drug-likeness (QED) is 0.778. The number of aromatic nitrogens is 1. The maximum absolute atomic E-state index is 12.3. The van der Waals surface area contributed by atoms with Gasteiger partial charge in [-0.3, -0.25) is 9.78 Å². The average molecular weight is 305 g/mol. The zero-order valence-electron chi connectivity index (χ0n) is 6.40. The van der Waals surface area contributed by atoms with Crippen LogP contribution in [0.5, 0.6) is 0 Å². The normalized spacial score (nSPS) is 10.7. The molecule has 0 saturated carbocycles. The monoisotopic (exact) mass is 303 g/mol. The highest BCUT2D eigenvalue weighted by atomic mass is 79.9. The molecule has 7 heteroatoms. The van der Waals surface area contributed by atoms with Gasteiger partial charge in [0.05, 0.1) is 10.6 Å². The van der Waals surface area contributed by atoms with E-state index in [-0.39, 0.29) is 10.0 Å². The fraction of sp³-hybridized carbons (Fsp3) is 0.143. The van der Waals surface area contributed by atoms with Crippen LogP contribution in [0.25, 0.3) is 0 Å². The van der Waals surface area contributed by atoms with Crippen molar-refractivity contribution in [3.63, 3.8) is 0 Å². The summed E-state index contributed by atoms with van der Waals surface area (Å²) in [7, 11) is 0. The first kappa shape index (κ1) is 11.8. The summed E-state index contributed by atoms with van der Waals surface area (Å²) in [5, 5.41) is -1.33. The molecule has 1 heterocycles.